The molecule has 0 spiro atoms. The standard InChI is InChI=1S/C11H22F3NO2Si/c1-9-5-7-15(18(16-2)17-3)10(8-9)4-6-11(12,13)14/h9-10,18H,4-8H2,1-3H3. The fourth-order valence-corrected chi connectivity index (χ4v) is 4.24. The molecule has 0 aromatic heterocycles. The number of nitrogens with zero attached hydrogens (tertiary/aromatic N) is 1. The van der Waals surface area contributed by atoms with Crippen LogP contribution in [0.5, 0.6) is 0 Å². The normalized spacial score (nSPS) is 26.8. The highest BCUT2D eigenvalue weighted by Crippen LogP contribution is 2.30. The van der Waals surface area contributed by atoms with Crippen LogP contribution < -0.4 is 0 Å². The van der Waals surface area contributed by atoms with Gasteiger partial charge >= 0.3 is 15.6 Å². The number of halogens is 3. The Morgan fingerprint density at radius 2 is 1.89 bits per heavy atom. The predicted molar refractivity (Wildman–Crippen MR) is 65.3 cm³/mol. The predicted octanol–water partition coefficient (Wildman–Crippen LogP) is 2.44. The highest BCUT2D eigenvalue weighted by atomic mass is 28.3. The molecule has 1 aliphatic heterocycles. The van der Waals surface area contributed by atoms with Crippen LogP contribution in [-0.2, 0) is 8.85 Å². The van der Waals surface area contributed by atoms with Crippen LogP contribution in [0.25, 0.3) is 0 Å². The molecule has 3 nitrogen and oxygen atoms in total. The lowest BCUT2D eigenvalue weighted by atomic mass is 9.92. The van der Waals surface area contributed by atoms with Crippen LogP contribution in [0, 0.1) is 5.92 Å². The maximum atomic E-state index is 12.3. The monoisotopic (exact) mass is 285 g/mol. The number of piperidine rings is 1. The summed E-state index contributed by atoms with van der Waals surface area (Å²) in [7, 11) is 1.16. The molecule has 0 aliphatic carbocycles. The Kier molecular flexibility index (Phi) is 6.10. The van der Waals surface area contributed by atoms with E-state index in [2.05, 4.69) is 6.92 Å². The fraction of sp³-hybridized carbons (Fsp3) is 1.00. The molecule has 0 amide bonds. The van der Waals surface area contributed by atoms with Gasteiger partial charge in [-0.3, -0.25) is 4.57 Å². The maximum absolute atomic E-state index is 12.3. The van der Waals surface area contributed by atoms with Crippen molar-refractivity contribution in [2.75, 3.05) is 20.8 Å². The van der Waals surface area contributed by atoms with Gasteiger partial charge in [0.15, 0.2) is 0 Å². The smallest absolute Gasteiger partial charge is 0.388 e. The summed E-state index contributed by atoms with van der Waals surface area (Å²) in [4.78, 5) is 0. The summed E-state index contributed by atoms with van der Waals surface area (Å²) in [5, 5.41) is 0. The summed E-state index contributed by atoms with van der Waals surface area (Å²) in [6.45, 7) is 2.87. The van der Waals surface area contributed by atoms with Crippen molar-refractivity contribution in [3.05, 3.63) is 0 Å². The molecule has 0 radical (unpaired) electrons. The van der Waals surface area contributed by atoms with E-state index in [1.807, 2.05) is 4.57 Å². The molecule has 2 unspecified atom stereocenters. The molecular weight excluding hydrogens is 263 g/mol. The lowest BCUT2D eigenvalue weighted by Crippen LogP contribution is -2.53. The quantitative estimate of drug-likeness (QED) is 0.724. The highest BCUT2D eigenvalue weighted by Gasteiger charge is 2.36. The van der Waals surface area contributed by atoms with E-state index >= 15 is 0 Å². The fourth-order valence-electron chi connectivity index (χ4n) is 2.53. The summed E-state index contributed by atoms with van der Waals surface area (Å²) in [5.74, 6) is 0.475. The Morgan fingerprint density at radius 3 is 2.39 bits per heavy atom. The molecule has 1 aliphatic rings. The molecule has 2 atom stereocenters. The molecule has 1 rings (SSSR count). The summed E-state index contributed by atoms with van der Waals surface area (Å²) in [6, 6.07) is -0.0630. The largest absolute Gasteiger partial charge is 0.410 e. The van der Waals surface area contributed by atoms with Gasteiger partial charge in [0.05, 0.1) is 0 Å². The minimum atomic E-state index is -4.08. The first kappa shape index (κ1) is 15.9. The summed E-state index contributed by atoms with van der Waals surface area (Å²) in [6.07, 6.45) is -2.87. The Bertz CT molecular complexity index is 249. The number of hydrogen-bond donors (Lipinski definition) is 0. The third-order valence-corrected chi connectivity index (χ3v) is 5.49. The van der Waals surface area contributed by atoms with Crippen molar-refractivity contribution in [3.63, 3.8) is 0 Å². The number of alkyl halides is 3. The van der Waals surface area contributed by atoms with Gasteiger partial charge in [-0.15, -0.1) is 0 Å². The van der Waals surface area contributed by atoms with E-state index in [1.165, 1.54) is 0 Å². The second-order valence-electron chi connectivity index (χ2n) is 4.95. The molecule has 0 aromatic rings. The van der Waals surface area contributed by atoms with Crippen LogP contribution in [0.2, 0.25) is 0 Å². The van der Waals surface area contributed by atoms with E-state index in [9.17, 15) is 13.2 Å². The molecule has 0 saturated carbocycles. The second kappa shape index (κ2) is 6.88. The third kappa shape index (κ3) is 4.87. The molecule has 7 heteroatoms. The zero-order valence-electron chi connectivity index (χ0n) is 11.2. The van der Waals surface area contributed by atoms with Gasteiger partial charge in [0.1, 0.15) is 0 Å². The van der Waals surface area contributed by atoms with E-state index in [-0.39, 0.29) is 12.5 Å². The van der Waals surface area contributed by atoms with Gasteiger partial charge in [0.25, 0.3) is 0 Å². The lowest BCUT2D eigenvalue weighted by molar-refractivity contribution is -0.138. The van der Waals surface area contributed by atoms with E-state index < -0.39 is 22.0 Å². The van der Waals surface area contributed by atoms with Crippen molar-refractivity contribution in [3.8, 4) is 0 Å². The van der Waals surface area contributed by atoms with Gasteiger partial charge in [-0.1, -0.05) is 6.92 Å². The zero-order valence-corrected chi connectivity index (χ0v) is 12.3. The van der Waals surface area contributed by atoms with Crippen LogP contribution in [0.4, 0.5) is 13.2 Å². The molecule has 1 heterocycles. The first-order chi connectivity index (χ1) is 8.37. The minimum Gasteiger partial charge on any atom is -0.388 e. The molecule has 0 bridgehead atoms. The minimum absolute atomic E-state index is 0.0630. The van der Waals surface area contributed by atoms with Crippen molar-refractivity contribution in [1.29, 1.82) is 0 Å². The molecule has 1 fully saturated rings. The summed E-state index contributed by atoms with van der Waals surface area (Å²) in [5.41, 5.74) is 0. The Hall–Kier alpha value is -0.113. The third-order valence-electron chi connectivity index (χ3n) is 3.46. The molecule has 18 heavy (non-hydrogen) atoms. The second-order valence-corrected chi connectivity index (χ2v) is 7.17. The Morgan fingerprint density at radius 1 is 1.28 bits per heavy atom. The van der Waals surface area contributed by atoms with Gasteiger partial charge in [0, 0.05) is 26.7 Å². The molecule has 0 N–H and O–H groups in total. The van der Waals surface area contributed by atoms with Crippen LogP contribution in [-0.4, -0.2) is 47.0 Å². The van der Waals surface area contributed by atoms with Gasteiger partial charge < -0.3 is 8.85 Å². The van der Waals surface area contributed by atoms with E-state index in [0.29, 0.717) is 5.92 Å². The molecular formula is C11H22F3NO2Si. The molecule has 108 valence electrons. The SMILES string of the molecule is CO[SiH](OC)N1CCC(C)CC1CCC(F)(F)F. The van der Waals surface area contributed by atoms with Crippen molar-refractivity contribution < 1.29 is 22.0 Å². The molecule has 1 saturated heterocycles. The van der Waals surface area contributed by atoms with Gasteiger partial charge in [-0.2, -0.15) is 13.2 Å². The lowest BCUT2D eigenvalue weighted by Gasteiger charge is -2.41. The van der Waals surface area contributed by atoms with E-state index in [0.717, 1.165) is 19.4 Å². The van der Waals surface area contributed by atoms with Crippen LogP contribution >= 0.6 is 0 Å². The zero-order chi connectivity index (χ0) is 13.8. The Balaban J connectivity index is 2.61. The van der Waals surface area contributed by atoms with Crippen molar-refractivity contribution in [1.82, 2.24) is 4.57 Å². The van der Waals surface area contributed by atoms with Gasteiger partial charge in [-0.25, -0.2) is 0 Å². The van der Waals surface area contributed by atoms with Gasteiger partial charge in [0.2, 0.25) is 0 Å². The summed E-state index contributed by atoms with van der Waals surface area (Å²) >= 11 is 0. The average molecular weight is 285 g/mol. The van der Waals surface area contributed by atoms with Crippen molar-refractivity contribution in [2.24, 2.45) is 5.92 Å². The number of rotatable bonds is 5. The van der Waals surface area contributed by atoms with Crippen molar-refractivity contribution in [2.45, 2.75) is 44.8 Å². The van der Waals surface area contributed by atoms with Crippen LogP contribution in [0.1, 0.15) is 32.6 Å². The topological polar surface area (TPSA) is 21.7 Å². The first-order valence-corrected chi connectivity index (χ1v) is 7.71. The van der Waals surface area contributed by atoms with Crippen molar-refractivity contribution >= 4 is 9.45 Å². The molecule has 0 aromatic carbocycles. The van der Waals surface area contributed by atoms with Crippen LogP contribution in [0.15, 0.2) is 0 Å². The van der Waals surface area contributed by atoms with E-state index in [1.54, 1.807) is 14.2 Å². The Labute approximate surface area is 108 Å². The number of hydrogen-bond acceptors (Lipinski definition) is 3. The maximum Gasteiger partial charge on any atom is 0.410 e. The van der Waals surface area contributed by atoms with Gasteiger partial charge in [-0.05, 0) is 31.7 Å². The first-order valence-electron chi connectivity index (χ1n) is 6.25. The van der Waals surface area contributed by atoms with Crippen LogP contribution in [0.3, 0.4) is 0 Å². The highest BCUT2D eigenvalue weighted by molar-refractivity contribution is 6.41. The average Bonchev–Trinajstić information content (AvgIpc) is 2.29. The summed E-state index contributed by atoms with van der Waals surface area (Å²) < 4.78 is 49.6. The van der Waals surface area contributed by atoms with E-state index in [4.69, 9.17) is 8.85 Å².